The minimum Gasteiger partial charge on any atom is -0.367 e. The number of carbonyl (C=O) groups is 1. The summed E-state index contributed by atoms with van der Waals surface area (Å²) in [4.78, 5) is 10.9. The molecule has 0 aromatic rings. The normalized spacial score (nSPS) is 35.5. The molecule has 1 fully saturated rings. The Hall–Kier alpha value is -0.570. The highest BCUT2D eigenvalue weighted by Gasteiger charge is 2.44. The fraction of sp³-hybridized carbons (Fsp3) is 0.875. The van der Waals surface area contributed by atoms with E-state index in [-0.39, 0.29) is 11.5 Å². The van der Waals surface area contributed by atoms with Gasteiger partial charge in [0.15, 0.2) is 0 Å². The molecule has 3 nitrogen and oxygen atoms in total. The lowest BCUT2D eigenvalue weighted by Gasteiger charge is -2.24. The summed E-state index contributed by atoms with van der Waals surface area (Å²) in [6.07, 6.45) is 1.63. The lowest BCUT2D eigenvalue weighted by molar-refractivity contribution is -0.146. The summed E-state index contributed by atoms with van der Waals surface area (Å²) < 4.78 is 5.52. The first-order valence-electron chi connectivity index (χ1n) is 3.86. The first-order chi connectivity index (χ1) is 4.86. The van der Waals surface area contributed by atoms with Crippen molar-refractivity contribution in [2.75, 3.05) is 0 Å². The molecule has 11 heavy (non-hydrogen) atoms. The van der Waals surface area contributed by atoms with E-state index in [1.807, 2.05) is 13.8 Å². The van der Waals surface area contributed by atoms with Crippen LogP contribution in [0.15, 0.2) is 0 Å². The van der Waals surface area contributed by atoms with Gasteiger partial charge in [0.05, 0.1) is 5.60 Å². The average molecular weight is 157 g/mol. The quantitative estimate of drug-likeness (QED) is 0.612. The predicted molar refractivity (Wildman–Crippen MR) is 42.0 cm³/mol. The van der Waals surface area contributed by atoms with Gasteiger partial charge >= 0.3 is 0 Å². The molecule has 0 aromatic carbocycles. The van der Waals surface area contributed by atoms with Gasteiger partial charge in [-0.2, -0.15) is 0 Å². The fourth-order valence-corrected chi connectivity index (χ4v) is 1.42. The van der Waals surface area contributed by atoms with Crippen LogP contribution >= 0.6 is 0 Å². The molecular weight excluding hydrogens is 142 g/mol. The third kappa shape index (κ3) is 1.53. The van der Waals surface area contributed by atoms with Crippen LogP contribution in [0.4, 0.5) is 0 Å². The van der Waals surface area contributed by atoms with Crippen LogP contribution in [0.2, 0.25) is 0 Å². The maximum Gasteiger partial charge on any atom is 0.249 e. The summed E-state index contributed by atoms with van der Waals surface area (Å²) in [6, 6.07) is 0. The molecule has 1 aliphatic heterocycles. The smallest absolute Gasteiger partial charge is 0.249 e. The summed E-state index contributed by atoms with van der Waals surface area (Å²) in [5.74, 6) is -0.358. The van der Waals surface area contributed by atoms with Crippen molar-refractivity contribution >= 4 is 5.91 Å². The molecule has 1 amide bonds. The van der Waals surface area contributed by atoms with E-state index in [0.717, 1.165) is 12.8 Å². The zero-order valence-electron chi connectivity index (χ0n) is 7.31. The van der Waals surface area contributed by atoms with Crippen LogP contribution in [0.5, 0.6) is 0 Å². The monoisotopic (exact) mass is 157 g/mol. The number of nitrogens with two attached hydrogens (primary N) is 1. The summed E-state index contributed by atoms with van der Waals surface area (Å²) in [7, 11) is 0. The number of hydrogen-bond acceptors (Lipinski definition) is 2. The van der Waals surface area contributed by atoms with Crippen molar-refractivity contribution < 1.29 is 9.53 Å². The van der Waals surface area contributed by atoms with Gasteiger partial charge in [-0.05, 0) is 33.6 Å². The Morgan fingerprint density at radius 2 is 1.91 bits per heavy atom. The van der Waals surface area contributed by atoms with Crippen LogP contribution in [0.3, 0.4) is 0 Å². The Balaban J connectivity index is 2.73. The lowest BCUT2D eigenvalue weighted by Crippen LogP contribution is -2.42. The molecule has 1 rings (SSSR count). The number of amides is 1. The van der Waals surface area contributed by atoms with Gasteiger partial charge in [-0.15, -0.1) is 0 Å². The van der Waals surface area contributed by atoms with Gasteiger partial charge in [0.25, 0.3) is 0 Å². The number of carbonyl (C=O) groups excluding carboxylic acids is 1. The van der Waals surface area contributed by atoms with E-state index in [4.69, 9.17) is 10.5 Å². The summed E-state index contributed by atoms with van der Waals surface area (Å²) >= 11 is 0. The van der Waals surface area contributed by atoms with Crippen LogP contribution in [-0.4, -0.2) is 17.1 Å². The average Bonchev–Trinajstić information content (AvgIpc) is 2.08. The Bertz CT molecular complexity index is 189. The number of hydrogen-bond donors (Lipinski definition) is 1. The lowest BCUT2D eigenvalue weighted by atomic mass is 9.99. The minimum absolute atomic E-state index is 0.191. The van der Waals surface area contributed by atoms with E-state index >= 15 is 0 Å². The number of primary amides is 1. The van der Waals surface area contributed by atoms with Crippen molar-refractivity contribution in [2.45, 2.75) is 44.8 Å². The van der Waals surface area contributed by atoms with Crippen LogP contribution in [-0.2, 0) is 9.53 Å². The molecule has 1 saturated heterocycles. The van der Waals surface area contributed by atoms with E-state index in [1.54, 1.807) is 6.92 Å². The van der Waals surface area contributed by atoms with E-state index in [0.29, 0.717) is 0 Å². The third-order valence-electron chi connectivity index (χ3n) is 2.23. The molecule has 0 saturated carbocycles. The molecule has 0 spiro atoms. The highest BCUT2D eigenvalue weighted by molar-refractivity contribution is 5.83. The van der Waals surface area contributed by atoms with Crippen molar-refractivity contribution in [3.8, 4) is 0 Å². The highest BCUT2D eigenvalue weighted by atomic mass is 16.5. The maximum absolute atomic E-state index is 10.9. The van der Waals surface area contributed by atoms with E-state index < -0.39 is 5.60 Å². The largest absolute Gasteiger partial charge is 0.367 e. The molecule has 0 aliphatic carbocycles. The fourth-order valence-electron chi connectivity index (χ4n) is 1.42. The second kappa shape index (κ2) is 2.21. The Morgan fingerprint density at radius 3 is 2.09 bits per heavy atom. The molecule has 1 heterocycles. The molecule has 0 radical (unpaired) electrons. The van der Waals surface area contributed by atoms with Crippen molar-refractivity contribution in [3.05, 3.63) is 0 Å². The molecule has 0 bridgehead atoms. The van der Waals surface area contributed by atoms with Crippen molar-refractivity contribution in [2.24, 2.45) is 5.73 Å². The van der Waals surface area contributed by atoms with Gasteiger partial charge < -0.3 is 10.5 Å². The molecule has 0 aromatic heterocycles. The predicted octanol–water partition coefficient (Wildman–Crippen LogP) is 0.819. The standard InChI is InChI=1S/C8H15NO2/c1-7(2)4-5-8(3,11-7)6(9)10/h4-5H2,1-3H3,(H2,9,10). The second-order valence-electron chi connectivity index (χ2n) is 3.96. The Morgan fingerprint density at radius 1 is 1.36 bits per heavy atom. The molecular formula is C8H15NO2. The van der Waals surface area contributed by atoms with Gasteiger partial charge in [-0.1, -0.05) is 0 Å². The number of ether oxygens (including phenoxy) is 1. The topological polar surface area (TPSA) is 52.3 Å². The zero-order valence-corrected chi connectivity index (χ0v) is 7.31. The molecule has 1 atom stereocenters. The van der Waals surface area contributed by atoms with Crippen molar-refractivity contribution in [1.82, 2.24) is 0 Å². The van der Waals surface area contributed by atoms with Gasteiger partial charge in [0, 0.05) is 0 Å². The van der Waals surface area contributed by atoms with Crippen LogP contribution < -0.4 is 5.73 Å². The van der Waals surface area contributed by atoms with Gasteiger partial charge in [-0.3, -0.25) is 4.79 Å². The van der Waals surface area contributed by atoms with Crippen LogP contribution in [0.25, 0.3) is 0 Å². The minimum atomic E-state index is -0.733. The van der Waals surface area contributed by atoms with Crippen LogP contribution in [0, 0.1) is 0 Å². The third-order valence-corrected chi connectivity index (χ3v) is 2.23. The number of rotatable bonds is 1. The zero-order chi connectivity index (χ0) is 8.70. The summed E-state index contributed by atoms with van der Waals surface area (Å²) in [5.41, 5.74) is 4.27. The maximum atomic E-state index is 10.9. The van der Waals surface area contributed by atoms with E-state index in [1.165, 1.54) is 0 Å². The molecule has 2 N–H and O–H groups in total. The second-order valence-corrected chi connectivity index (χ2v) is 3.96. The van der Waals surface area contributed by atoms with Gasteiger partial charge in [-0.25, -0.2) is 0 Å². The molecule has 3 heteroatoms. The molecule has 1 unspecified atom stereocenters. The first kappa shape index (κ1) is 8.53. The Labute approximate surface area is 66.9 Å². The molecule has 64 valence electrons. The highest BCUT2D eigenvalue weighted by Crippen LogP contribution is 2.36. The van der Waals surface area contributed by atoms with E-state index in [9.17, 15) is 4.79 Å². The van der Waals surface area contributed by atoms with Gasteiger partial charge in [0.1, 0.15) is 5.60 Å². The first-order valence-corrected chi connectivity index (χ1v) is 3.86. The Kier molecular flexibility index (Phi) is 1.71. The SMILES string of the molecule is CC1(C)CCC(C)(C(N)=O)O1. The van der Waals surface area contributed by atoms with Gasteiger partial charge in [0.2, 0.25) is 5.91 Å². The van der Waals surface area contributed by atoms with Crippen LogP contribution in [0.1, 0.15) is 33.6 Å². The molecule has 1 aliphatic rings. The summed E-state index contributed by atoms with van der Waals surface area (Å²) in [6.45, 7) is 5.70. The van der Waals surface area contributed by atoms with Crippen molar-refractivity contribution in [3.63, 3.8) is 0 Å². The summed E-state index contributed by atoms with van der Waals surface area (Å²) in [5, 5.41) is 0. The van der Waals surface area contributed by atoms with Crippen molar-refractivity contribution in [1.29, 1.82) is 0 Å². The van der Waals surface area contributed by atoms with E-state index in [2.05, 4.69) is 0 Å².